The molecule has 0 saturated carbocycles. The van der Waals surface area contributed by atoms with E-state index in [1.54, 1.807) is 23.3 Å². The SMILES string of the molecule is Cc1cnn(-c2nc3ncn(Cc4ccc(OCCN5CCOCC5)cc4)c3c(=O)[nH]2)c1. The van der Waals surface area contributed by atoms with Crippen LogP contribution >= 0.6 is 0 Å². The number of nitrogens with one attached hydrogen (secondary N) is 1. The Balaban J connectivity index is 1.25. The zero-order valence-electron chi connectivity index (χ0n) is 17.9. The summed E-state index contributed by atoms with van der Waals surface area (Å²) in [6.07, 6.45) is 5.14. The van der Waals surface area contributed by atoms with Gasteiger partial charge in [0.15, 0.2) is 11.2 Å². The van der Waals surface area contributed by atoms with Crippen molar-refractivity contribution in [1.82, 2.24) is 34.2 Å². The minimum Gasteiger partial charge on any atom is -0.492 e. The third kappa shape index (κ3) is 4.41. The van der Waals surface area contributed by atoms with Gasteiger partial charge in [-0.05, 0) is 30.2 Å². The van der Waals surface area contributed by atoms with Crippen molar-refractivity contribution < 1.29 is 9.47 Å². The van der Waals surface area contributed by atoms with Gasteiger partial charge in [0.2, 0.25) is 5.95 Å². The Labute approximate surface area is 184 Å². The molecule has 166 valence electrons. The molecule has 32 heavy (non-hydrogen) atoms. The summed E-state index contributed by atoms with van der Waals surface area (Å²) in [5.74, 6) is 1.18. The van der Waals surface area contributed by atoms with E-state index in [9.17, 15) is 4.79 Å². The zero-order chi connectivity index (χ0) is 21.9. The highest BCUT2D eigenvalue weighted by molar-refractivity contribution is 5.70. The second-order valence-electron chi connectivity index (χ2n) is 7.84. The summed E-state index contributed by atoms with van der Waals surface area (Å²) < 4.78 is 14.6. The number of imidazole rings is 1. The normalized spacial score (nSPS) is 14.8. The first-order valence-electron chi connectivity index (χ1n) is 10.6. The first kappa shape index (κ1) is 20.4. The summed E-state index contributed by atoms with van der Waals surface area (Å²) in [6, 6.07) is 7.90. The van der Waals surface area contributed by atoms with E-state index in [0.717, 1.165) is 49.7 Å². The van der Waals surface area contributed by atoms with E-state index in [0.29, 0.717) is 30.3 Å². The third-order valence-electron chi connectivity index (χ3n) is 5.46. The van der Waals surface area contributed by atoms with Gasteiger partial charge >= 0.3 is 0 Å². The highest BCUT2D eigenvalue weighted by Gasteiger charge is 2.13. The Kier molecular flexibility index (Phi) is 5.70. The molecule has 5 rings (SSSR count). The van der Waals surface area contributed by atoms with Crippen molar-refractivity contribution in [3.05, 3.63) is 64.5 Å². The van der Waals surface area contributed by atoms with Crippen molar-refractivity contribution in [2.24, 2.45) is 0 Å². The largest absolute Gasteiger partial charge is 0.492 e. The Hall–Kier alpha value is -3.50. The van der Waals surface area contributed by atoms with Crippen molar-refractivity contribution in [3.63, 3.8) is 0 Å². The van der Waals surface area contributed by atoms with E-state index in [-0.39, 0.29) is 5.56 Å². The van der Waals surface area contributed by atoms with Crippen LogP contribution < -0.4 is 10.3 Å². The topological polar surface area (TPSA) is 103 Å². The highest BCUT2D eigenvalue weighted by Crippen LogP contribution is 2.15. The van der Waals surface area contributed by atoms with Crippen LogP contribution in [0, 0.1) is 6.92 Å². The molecule has 3 aromatic heterocycles. The number of benzene rings is 1. The number of fused-ring (bicyclic) bond motifs is 1. The summed E-state index contributed by atoms with van der Waals surface area (Å²) in [5.41, 5.74) is 2.59. The summed E-state index contributed by atoms with van der Waals surface area (Å²) >= 11 is 0. The van der Waals surface area contributed by atoms with E-state index >= 15 is 0 Å². The summed E-state index contributed by atoms with van der Waals surface area (Å²) in [5, 5.41) is 4.19. The van der Waals surface area contributed by atoms with Crippen molar-refractivity contribution in [1.29, 1.82) is 0 Å². The fourth-order valence-corrected chi connectivity index (χ4v) is 3.74. The number of hydrogen-bond acceptors (Lipinski definition) is 7. The van der Waals surface area contributed by atoms with Gasteiger partial charge < -0.3 is 14.0 Å². The summed E-state index contributed by atoms with van der Waals surface area (Å²) in [7, 11) is 0. The van der Waals surface area contributed by atoms with E-state index < -0.39 is 0 Å². The Morgan fingerprint density at radius 1 is 1.19 bits per heavy atom. The molecule has 0 bridgehead atoms. The van der Waals surface area contributed by atoms with Gasteiger partial charge in [0.1, 0.15) is 12.4 Å². The molecule has 0 aliphatic carbocycles. The minimum atomic E-state index is -0.251. The van der Waals surface area contributed by atoms with Crippen LogP contribution in [0.5, 0.6) is 5.75 Å². The molecular formula is C22H25N7O3. The van der Waals surface area contributed by atoms with E-state index in [1.807, 2.05) is 31.2 Å². The second-order valence-corrected chi connectivity index (χ2v) is 7.84. The standard InChI is InChI=1S/C22H25N7O3/c1-16-12-24-29(13-16)22-25-20-19(21(30)26-22)28(15-23-20)14-17-2-4-18(5-3-17)32-11-8-27-6-9-31-10-7-27/h2-5,12-13,15H,6-11,14H2,1H3,(H,25,26,30). The van der Waals surface area contributed by atoms with Gasteiger partial charge in [0.05, 0.1) is 25.7 Å². The van der Waals surface area contributed by atoms with Gasteiger partial charge in [-0.15, -0.1) is 0 Å². The van der Waals surface area contributed by atoms with Crippen LogP contribution in [-0.2, 0) is 11.3 Å². The van der Waals surface area contributed by atoms with Gasteiger partial charge in [0.25, 0.3) is 5.56 Å². The Bertz CT molecular complexity index is 1250. The molecule has 1 saturated heterocycles. The van der Waals surface area contributed by atoms with E-state index in [1.165, 1.54) is 4.68 Å². The smallest absolute Gasteiger partial charge is 0.278 e. The molecule has 0 radical (unpaired) electrons. The Morgan fingerprint density at radius 2 is 2.00 bits per heavy atom. The van der Waals surface area contributed by atoms with E-state index in [2.05, 4.69) is 25.0 Å². The molecule has 1 fully saturated rings. The second kappa shape index (κ2) is 8.93. The maximum Gasteiger partial charge on any atom is 0.278 e. The van der Waals surface area contributed by atoms with Gasteiger partial charge in [0, 0.05) is 32.4 Å². The molecule has 1 aliphatic rings. The van der Waals surface area contributed by atoms with Crippen LogP contribution in [-0.4, -0.2) is 73.7 Å². The number of aryl methyl sites for hydroxylation is 1. The van der Waals surface area contributed by atoms with Crippen LogP contribution in [0.2, 0.25) is 0 Å². The lowest BCUT2D eigenvalue weighted by molar-refractivity contribution is 0.0322. The molecule has 1 aliphatic heterocycles. The first-order chi connectivity index (χ1) is 15.7. The molecule has 0 spiro atoms. The van der Waals surface area contributed by atoms with Crippen molar-refractivity contribution in [2.75, 3.05) is 39.5 Å². The number of H-pyrrole nitrogens is 1. The van der Waals surface area contributed by atoms with Crippen molar-refractivity contribution in [3.8, 4) is 11.7 Å². The summed E-state index contributed by atoms with van der Waals surface area (Å²) in [6.45, 7) is 7.47. The molecule has 1 aromatic carbocycles. The van der Waals surface area contributed by atoms with Crippen molar-refractivity contribution >= 4 is 11.2 Å². The van der Waals surface area contributed by atoms with Gasteiger partial charge in [-0.3, -0.25) is 14.7 Å². The number of rotatable bonds is 7. The van der Waals surface area contributed by atoms with Crippen LogP contribution in [0.15, 0.2) is 47.8 Å². The van der Waals surface area contributed by atoms with Crippen LogP contribution in [0.1, 0.15) is 11.1 Å². The Morgan fingerprint density at radius 3 is 2.75 bits per heavy atom. The molecule has 0 unspecified atom stereocenters. The minimum absolute atomic E-state index is 0.251. The van der Waals surface area contributed by atoms with Crippen molar-refractivity contribution in [2.45, 2.75) is 13.5 Å². The predicted molar refractivity (Wildman–Crippen MR) is 118 cm³/mol. The molecule has 4 aromatic rings. The summed E-state index contributed by atoms with van der Waals surface area (Å²) in [4.78, 5) is 26.6. The molecule has 10 nitrogen and oxygen atoms in total. The number of morpholine rings is 1. The fraction of sp³-hybridized carbons (Fsp3) is 0.364. The average Bonchev–Trinajstić information content (AvgIpc) is 3.42. The average molecular weight is 435 g/mol. The number of aromatic nitrogens is 6. The van der Waals surface area contributed by atoms with Gasteiger partial charge in [-0.1, -0.05) is 12.1 Å². The maximum atomic E-state index is 12.7. The molecule has 4 heterocycles. The lowest BCUT2D eigenvalue weighted by Gasteiger charge is -2.26. The number of hydrogen-bond donors (Lipinski definition) is 1. The quantitative estimate of drug-likeness (QED) is 0.468. The lowest BCUT2D eigenvalue weighted by Crippen LogP contribution is -2.38. The third-order valence-corrected chi connectivity index (χ3v) is 5.46. The molecule has 0 amide bonds. The molecule has 1 N–H and O–H groups in total. The maximum absolute atomic E-state index is 12.7. The van der Waals surface area contributed by atoms with Crippen LogP contribution in [0.25, 0.3) is 17.1 Å². The molecule has 0 atom stereocenters. The highest BCUT2D eigenvalue weighted by atomic mass is 16.5. The molecular weight excluding hydrogens is 410 g/mol. The van der Waals surface area contributed by atoms with Crippen LogP contribution in [0.3, 0.4) is 0 Å². The zero-order valence-corrected chi connectivity index (χ0v) is 17.9. The fourth-order valence-electron chi connectivity index (χ4n) is 3.74. The van der Waals surface area contributed by atoms with Gasteiger partial charge in [-0.25, -0.2) is 9.67 Å². The first-order valence-corrected chi connectivity index (χ1v) is 10.6. The van der Waals surface area contributed by atoms with E-state index in [4.69, 9.17) is 9.47 Å². The number of nitrogens with zero attached hydrogens (tertiary/aromatic N) is 6. The lowest BCUT2D eigenvalue weighted by atomic mass is 10.2. The van der Waals surface area contributed by atoms with Gasteiger partial charge in [-0.2, -0.15) is 10.1 Å². The predicted octanol–water partition coefficient (Wildman–Crippen LogP) is 1.37. The monoisotopic (exact) mass is 435 g/mol. The number of aromatic amines is 1. The number of ether oxygens (including phenoxy) is 2. The van der Waals surface area contributed by atoms with Crippen LogP contribution in [0.4, 0.5) is 0 Å². The molecule has 10 heteroatoms.